The van der Waals surface area contributed by atoms with E-state index in [1.807, 2.05) is 36.4 Å². The number of aromatic nitrogens is 2. The first-order valence-electron chi connectivity index (χ1n) is 9.11. The lowest BCUT2D eigenvalue weighted by molar-refractivity contribution is -0.137. The lowest BCUT2D eigenvalue weighted by Crippen LogP contribution is -2.04. The summed E-state index contributed by atoms with van der Waals surface area (Å²) in [7, 11) is 0. The lowest BCUT2D eigenvalue weighted by Gasteiger charge is -2.06. The third-order valence-electron chi connectivity index (χ3n) is 4.62. The summed E-state index contributed by atoms with van der Waals surface area (Å²) in [6.45, 7) is 1.52. The number of aromatic amines is 1. The van der Waals surface area contributed by atoms with E-state index in [1.54, 1.807) is 6.07 Å². The highest BCUT2D eigenvalue weighted by atomic mass is 19.4. The monoisotopic (exact) mass is 404 g/mol. The zero-order valence-corrected chi connectivity index (χ0v) is 15.8. The number of imidazole rings is 1. The van der Waals surface area contributed by atoms with Crippen LogP contribution in [0.1, 0.15) is 34.2 Å². The van der Waals surface area contributed by atoms with Crippen LogP contribution in [-0.4, -0.2) is 15.8 Å². The van der Waals surface area contributed by atoms with Gasteiger partial charge in [-0.1, -0.05) is 42.3 Å². The van der Waals surface area contributed by atoms with E-state index >= 15 is 0 Å². The molecule has 0 saturated heterocycles. The topological polar surface area (TPSA) is 45.8 Å². The van der Waals surface area contributed by atoms with Crippen LogP contribution in [0.3, 0.4) is 0 Å². The third-order valence-corrected chi connectivity index (χ3v) is 4.62. The minimum Gasteiger partial charge on any atom is -0.331 e. The number of alkyl halides is 3. The van der Waals surface area contributed by atoms with Crippen LogP contribution in [0.2, 0.25) is 0 Å². The van der Waals surface area contributed by atoms with Crippen LogP contribution >= 0.6 is 0 Å². The molecule has 0 aliphatic rings. The summed E-state index contributed by atoms with van der Waals surface area (Å²) >= 11 is 0. The Hall–Kier alpha value is -3.85. The number of rotatable bonds is 2. The first-order valence-corrected chi connectivity index (χ1v) is 9.11. The Morgan fingerprint density at radius 1 is 0.967 bits per heavy atom. The summed E-state index contributed by atoms with van der Waals surface area (Å²) in [5, 5.41) is 0. The molecule has 0 saturated carbocycles. The highest BCUT2D eigenvalue weighted by Gasteiger charge is 2.30. The van der Waals surface area contributed by atoms with Crippen molar-refractivity contribution in [2.24, 2.45) is 0 Å². The van der Waals surface area contributed by atoms with Gasteiger partial charge in [0.05, 0.1) is 16.6 Å². The Labute approximate surface area is 170 Å². The number of halogens is 3. The molecule has 6 heteroatoms. The molecule has 30 heavy (non-hydrogen) atoms. The fraction of sp³-hybridized carbons (Fsp3) is 0.0833. The van der Waals surface area contributed by atoms with Gasteiger partial charge in [0.1, 0.15) is 0 Å². The SMILES string of the molecule is CC(=O)c1ccccc1-c1ccc2[nH]c(C#Cc3cccc(C(F)(F)F)c3)nc2c1. The molecule has 0 atom stereocenters. The van der Waals surface area contributed by atoms with E-state index in [1.165, 1.54) is 19.1 Å². The molecule has 0 amide bonds. The quantitative estimate of drug-likeness (QED) is 0.336. The summed E-state index contributed by atoms with van der Waals surface area (Å²) in [5.41, 5.74) is 3.18. The van der Waals surface area contributed by atoms with E-state index < -0.39 is 11.7 Å². The number of ketones is 1. The number of carbonyl (C=O) groups excluding carboxylic acids is 1. The van der Waals surface area contributed by atoms with Gasteiger partial charge in [-0.15, -0.1) is 0 Å². The zero-order chi connectivity index (χ0) is 21.3. The maximum atomic E-state index is 12.8. The average molecular weight is 404 g/mol. The van der Waals surface area contributed by atoms with Gasteiger partial charge in [0.25, 0.3) is 0 Å². The predicted octanol–water partition coefficient (Wildman–Crippen LogP) is 5.85. The van der Waals surface area contributed by atoms with Crippen molar-refractivity contribution in [3.8, 4) is 23.0 Å². The molecule has 0 aliphatic carbocycles. The predicted molar refractivity (Wildman–Crippen MR) is 109 cm³/mol. The molecule has 0 fully saturated rings. The molecule has 4 aromatic rings. The van der Waals surface area contributed by atoms with Gasteiger partial charge in [-0.3, -0.25) is 4.79 Å². The number of fused-ring (bicyclic) bond motifs is 1. The van der Waals surface area contributed by atoms with Gasteiger partial charge in [-0.05, 0) is 54.3 Å². The van der Waals surface area contributed by atoms with Crippen molar-refractivity contribution in [2.75, 3.05) is 0 Å². The van der Waals surface area contributed by atoms with E-state index in [-0.39, 0.29) is 11.3 Å². The van der Waals surface area contributed by atoms with E-state index in [0.717, 1.165) is 28.8 Å². The second-order valence-electron chi connectivity index (χ2n) is 6.75. The minimum absolute atomic E-state index is 0.0274. The normalized spacial score (nSPS) is 11.2. The van der Waals surface area contributed by atoms with Crippen molar-refractivity contribution in [3.63, 3.8) is 0 Å². The molecule has 0 aliphatic heterocycles. The van der Waals surface area contributed by atoms with Crippen molar-refractivity contribution >= 4 is 16.8 Å². The second-order valence-corrected chi connectivity index (χ2v) is 6.75. The van der Waals surface area contributed by atoms with Gasteiger partial charge in [-0.2, -0.15) is 13.2 Å². The van der Waals surface area contributed by atoms with Gasteiger partial charge in [0.2, 0.25) is 0 Å². The molecule has 1 heterocycles. The lowest BCUT2D eigenvalue weighted by atomic mass is 9.97. The first kappa shape index (κ1) is 19.5. The fourth-order valence-electron chi connectivity index (χ4n) is 3.18. The fourth-order valence-corrected chi connectivity index (χ4v) is 3.18. The molecule has 0 radical (unpaired) electrons. The molecule has 1 N–H and O–H groups in total. The van der Waals surface area contributed by atoms with Gasteiger partial charge >= 0.3 is 6.18 Å². The second kappa shape index (κ2) is 7.53. The van der Waals surface area contributed by atoms with Gasteiger partial charge in [-0.25, -0.2) is 4.98 Å². The summed E-state index contributed by atoms with van der Waals surface area (Å²) in [5.74, 6) is 5.82. The molecule has 3 nitrogen and oxygen atoms in total. The van der Waals surface area contributed by atoms with E-state index in [0.29, 0.717) is 16.9 Å². The van der Waals surface area contributed by atoms with Crippen molar-refractivity contribution in [2.45, 2.75) is 13.1 Å². The molecular formula is C24H15F3N2O. The smallest absolute Gasteiger partial charge is 0.331 e. The van der Waals surface area contributed by atoms with Crippen molar-refractivity contribution < 1.29 is 18.0 Å². The first-order chi connectivity index (χ1) is 14.3. The van der Waals surface area contributed by atoms with Crippen LogP contribution in [0.5, 0.6) is 0 Å². The molecule has 148 valence electrons. The van der Waals surface area contributed by atoms with Crippen LogP contribution in [-0.2, 0) is 6.18 Å². The summed E-state index contributed by atoms with van der Waals surface area (Å²) in [4.78, 5) is 19.4. The highest BCUT2D eigenvalue weighted by molar-refractivity contribution is 6.01. The third kappa shape index (κ3) is 3.96. The number of H-pyrrole nitrogens is 1. The Balaban J connectivity index is 1.68. The number of nitrogens with one attached hydrogen (secondary N) is 1. The standard InChI is InChI=1S/C24H15F3N2O/c1-15(30)19-7-2-3-8-20(19)17-10-11-21-22(14-17)29-23(28-21)12-9-16-5-4-6-18(13-16)24(25,26)27/h2-8,10-11,13-14H,1H3,(H,28,29). The molecule has 0 unspecified atom stereocenters. The minimum atomic E-state index is -4.41. The number of benzene rings is 3. The van der Waals surface area contributed by atoms with Crippen molar-refractivity contribution in [1.29, 1.82) is 0 Å². The summed E-state index contributed by atoms with van der Waals surface area (Å²) in [6.07, 6.45) is -4.41. The van der Waals surface area contributed by atoms with E-state index in [9.17, 15) is 18.0 Å². The number of hydrogen-bond donors (Lipinski definition) is 1. The Morgan fingerprint density at radius 3 is 2.53 bits per heavy atom. The molecule has 0 spiro atoms. The largest absolute Gasteiger partial charge is 0.416 e. The Morgan fingerprint density at radius 2 is 1.77 bits per heavy atom. The van der Waals surface area contributed by atoms with Crippen molar-refractivity contribution in [3.05, 3.63) is 89.2 Å². The van der Waals surface area contributed by atoms with Crippen LogP contribution < -0.4 is 0 Å². The number of carbonyl (C=O) groups is 1. The molecule has 3 aromatic carbocycles. The maximum Gasteiger partial charge on any atom is 0.416 e. The molecule has 0 bridgehead atoms. The van der Waals surface area contributed by atoms with E-state index in [2.05, 4.69) is 21.8 Å². The summed E-state index contributed by atoms with van der Waals surface area (Å²) < 4.78 is 38.5. The number of hydrogen-bond acceptors (Lipinski definition) is 2. The Kier molecular flexibility index (Phi) is 4.88. The van der Waals surface area contributed by atoms with Gasteiger partial charge in [0, 0.05) is 11.1 Å². The summed E-state index contributed by atoms with van der Waals surface area (Å²) in [6, 6.07) is 17.7. The average Bonchev–Trinajstić information content (AvgIpc) is 3.14. The maximum absolute atomic E-state index is 12.8. The Bertz CT molecular complexity index is 1320. The zero-order valence-electron chi connectivity index (χ0n) is 15.8. The molecule has 1 aromatic heterocycles. The molecular weight excluding hydrogens is 389 g/mol. The van der Waals surface area contributed by atoms with Crippen molar-refractivity contribution in [1.82, 2.24) is 9.97 Å². The number of Topliss-reactive ketones (excluding diaryl/α,β-unsaturated/α-hetero) is 1. The van der Waals surface area contributed by atoms with Crippen LogP contribution in [0.4, 0.5) is 13.2 Å². The molecule has 4 rings (SSSR count). The highest BCUT2D eigenvalue weighted by Crippen LogP contribution is 2.29. The van der Waals surface area contributed by atoms with Gasteiger partial charge in [0.15, 0.2) is 11.6 Å². The van der Waals surface area contributed by atoms with Crippen LogP contribution in [0, 0.1) is 11.8 Å². The van der Waals surface area contributed by atoms with E-state index in [4.69, 9.17) is 0 Å². The number of nitrogens with zero attached hydrogens (tertiary/aromatic N) is 1. The van der Waals surface area contributed by atoms with Crippen LogP contribution in [0.25, 0.3) is 22.2 Å². The van der Waals surface area contributed by atoms with Gasteiger partial charge < -0.3 is 4.98 Å². The van der Waals surface area contributed by atoms with Crippen LogP contribution in [0.15, 0.2) is 66.7 Å².